The average Bonchev–Trinajstić information content (AvgIpc) is 3.57. The third kappa shape index (κ3) is 3.32. The van der Waals surface area contributed by atoms with Gasteiger partial charge < -0.3 is 9.73 Å². The second-order valence-corrected chi connectivity index (χ2v) is 7.79. The molecule has 5 rings (SSSR count). The van der Waals surface area contributed by atoms with Crippen LogP contribution >= 0.6 is 0 Å². The number of hydrogen-bond acceptors (Lipinski definition) is 3. The molecule has 2 aliphatic rings. The van der Waals surface area contributed by atoms with Gasteiger partial charge in [0.05, 0.1) is 0 Å². The highest BCUT2D eigenvalue weighted by molar-refractivity contribution is 5.98. The number of rotatable bonds is 7. The Balaban J connectivity index is 1.21. The maximum Gasteiger partial charge on any atom is 0.202 e. The number of fused-ring (bicyclic) bond motifs is 1. The van der Waals surface area contributed by atoms with Crippen LogP contribution in [0.25, 0.3) is 11.0 Å². The van der Waals surface area contributed by atoms with Crippen LogP contribution in [0.2, 0.25) is 0 Å². The summed E-state index contributed by atoms with van der Waals surface area (Å²) in [6, 6.07) is 18.8. The quantitative estimate of drug-likeness (QED) is 0.630. The van der Waals surface area contributed by atoms with Crippen molar-refractivity contribution in [1.82, 2.24) is 5.32 Å². The topological polar surface area (TPSA) is 42.2 Å². The van der Waals surface area contributed by atoms with Crippen molar-refractivity contribution in [3.05, 3.63) is 71.5 Å². The largest absolute Gasteiger partial charge is 0.453 e. The zero-order chi connectivity index (χ0) is 17.5. The van der Waals surface area contributed by atoms with Gasteiger partial charge in [-0.3, -0.25) is 4.79 Å². The number of nitrogens with one attached hydrogen (secondary N) is 1. The number of hydrogen-bond donors (Lipinski definition) is 1. The highest BCUT2D eigenvalue weighted by Gasteiger charge is 2.38. The van der Waals surface area contributed by atoms with Crippen LogP contribution in [0.15, 0.2) is 59.0 Å². The van der Waals surface area contributed by atoms with Gasteiger partial charge in [0.1, 0.15) is 5.58 Å². The lowest BCUT2D eigenvalue weighted by molar-refractivity contribution is 0.0968. The van der Waals surface area contributed by atoms with E-state index in [-0.39, 0.29) is 5.78 Å². The molecular formula is C23H23NO2. The number of carbonyl (C=O) groups is 1. The molecule has 1 heterocycles. The molecule has 0 bridgehead atoms. The normalized spacial score (nSPS) is 21.8. The molecule has 2 fully saturated rings. The molecule has 132 valence electrons. The Kier molecular flexibility index (Phi) is 3.90. The third-order valence-electron chi connectivity index (χ3n) is 5.63. The van der Waals surface area contributed by atoms with Gasteiger partial charge in [-0.2, -0.15) is 0 Å². The molecule has 26 heavy (non-hydrogen) atoms. The van der Waals surface area contributed by atoms with Crippen LogP contribution in [-0.4, -0.2) is 18.4 Å². The predicted molar refractivity (Wildman–Crippen MR) is 103 cm³/mol. The first-order valence-electron chi connectivity index (χ1n) is 9.60. The summed E-state index contributed by atoms with van der Waals surface area (Å²) >= 11 is 0. The summed E-state index contributed by atoms with van der Waals surface area (Å²) in [6.07, 6.45) is 4.43. The number of furan rings is 1. The van der Waals surface area contributed by atoms with Crippen molar-refractivity contribution in [3.8, 4) is 0 Å². The number of benzene rings is 2. The first-order chi connectivity index (χ1) is 12.8. The first-order valence-corrected chi connectivity index (χ1v) is 9.60. The van der Waals surface area contributed by atoms with Gasteiger partial charge in [-0.25, -0.2) is 0 Å². The van der Waals surface area contributed by atoms with Crippen LogP contribution in [0.5, 0.6) is 0 Å². The molecule has 0 spiro atoms. The molecule has 2 aromatic carbocycles. The zero-order valence-electron chi connectivity index (χ0n) is 14.8. The minimum Gasteiger partial charge on any atom is -0.453 e. The van der Waals surface area contributed by atoms with E-state index in [0.717, 1.165) is 22.5 Å². The monoisotopic (exact) mass is 345 g/mol. The summed E-state index contributed by atoms with van der Waals surface area (Å²) in [5.41, 5.74) is 3.20. The molecule has 2 atom stereocenters. The fourth-order valence-electron chi connectivity index (χ4n) is 3.70. The van der Waals surface area contributed by atoms with Gasteiger partial charge in [0.25, 0.3) is 0 Å². The highest BCUT2D eigenvalue weighted by Crippen LogP contribution is 2.41. The molecule has 0 saturated heterocycles. The Morgan fingerprint density at radius 1 is 1.08 bits per heavy atom. The molecule has 1 aromatic heterocycles. The summed E-state index contributed by atoms with van der Waals surface area (Å²) in [6.45, 7) is 1.19. The molecular weight excluding hydrogens is 322 g/mol. The van der Waals surface area contributed by atoms with Crippen molar-refractivity contribution in [2.24, 2.45) is 5.92 Å². The van der Waals surface area contributed by atoms with Crippen molar-refractivity contribution in [2.45, 2.75) is 37.6 Å². The smallest absolute Gasteiger partial charge is 0.202 e. The van der Waals surface area contributed by atoms with Crippen molar-refractivity contribution >= 4 is 16.8 Å². The van der Waals surface area contributed by atoms with E-state index in [9.17, 15) is 4.79 Å². The molecule has 1 N–H and O–H groups in total. The SMILES string of the molecule is O=C(Cc1ccc(C2CC2NCC2CC2)cc1)c1cc2ccccc2o1. The van der Waals surface area contributed by atoms with Crippen LogP contribution in [0.1, 0.15) is 46.9 Å². The molecule has 2 unspecified atom stereocenters. The summed E-state index contributed by atoms with van der Waals surface area (Å²) < 4.78 is 5.68. The standard InChI is InChI=1S/C23H23NO2/c25-21(23-12-18-3-1-2-4-22(18)26-23)11-15-7-9-17(10-8-15)19-13-20(19)24-14-16-5-6-16/h1-4,7-10,12,16,19-20,24H,5-6,11,13-14H2. The van der Waals surface area contributed by atoms with Gasteiger partial charge in [0, 0.05) is 23.8 Å². The summed E-state index contributed by atoms with van der Waals surface area (Å²) in [5.74, 6) is 2.06. The second-order valence-electron chi connectivity index (χ2n) is 7.79. The van der Waals surface area contributed by atoms with Gasteiger partial charge >= 0.3 is 0 Å². The van der Waals surface area contributed by atoms with Gasteiger partial charge in [0.15, 0.2) is 5.76 Å². The maximum absolute atomic E-state index is 12.5. The van der Waals surface area contributed by atoms with E-state index in [1.165, 1.54) is 31.4 Å². The van der Waals surface area contributed by atoms with E-state index >= 15 is 0 Å². The van der Waals surface area contributed by atoms with Gasteiger partial charge in [0.2, 0.25) is 5.78 Å². The molecule has 3 heteroatoms. The lowest BCUT2D eigenvalue weighted by Crippen LogP contribution is -2.20. The number of Topliss-reactive ketones (excluding diaryl/α,β-unsaturated/α-hetero) is 1. The lowest BCUT2D eigenvalue weighted by atomic mass is 10.0. The van der Waals surface area contributed by atoms with Gasteiger partial charge in [-0.15, -0.1) is 0 Å². The minimum atomic E-state index is 0.0318. The second kappa shape index (κ2) is 6.40. The first kappa shape index (κ1) is 15.8. The predicted octanol–water partition coefficient (Wildman–Crippen LogP) is 4.71. The van der Waals surface area contributed by atoms with E-state index in [4.69, 9.17) is 4.42 Å². The zero-order valence-corrected chi connectivity index (χ0v) is 14.8. The molecule has 2 saturated carbocycles. The minimum absolute atomic E-state index is 0.0318. The lowest BCUT2D eigenvalue weighted by Gasteiger charge is -2.05. The van der Waals surface area contributed by atoms with Crippen LogP contribution in [-0.2, 0) is 6.42 Å². The van der Waals surface area contributed by atoms with E-state index in [2.05, 4.69) is 29.6 Å². The molecule has 0 aliphatic heterocycles. The van der Waals surface area contributed by atoms with Crippen LogP contribution in [0.4, 0.5) is 0 Å². The maximum atomic E-state index is 12.5. The Hall–Kier alpha value is -2.39. The molecule has 0 radical (unpaired) electrons. The van der Waals surface area contributed by atoms with Crippen LogP contribution in [0, 0.1) is 5.92 Å². The van der Waals surface area contributed by atoms with E-state index < -0.39 is 0 Å². The third-order valence-corrected chi connectivity index (χ3v) is 5.63. The van der Waals surface area contributed by atoms with Crippen molar-refractivity contribution in [1.29, 1.82) is 0 Å². The van der Waals surface area contributed by atoms with Gasteiger partial charge in [-0.05, 0) is 55.0 Å². The van der Waals surface area contributed by atoms with Gasteiger partial charge in [-0.1, -0.05) is 42.5 Å². The van der Waals surface area contributed by atoms with E-state index in [1.807, 2.05) is 30.3 Å². The van der Waals surface area contributed by atoms with Crippen LogP contribution < -0.4 is 5.32 Å². The fraction of sp³-hybridized carbons (Fsp3) is 0.348. The Morgan fingerprint density at radius 2 is 1.88 bits per heavy atom. The molecule has 2 aliphatic carbocycles. The van der Waals surface area contributed by atoms with Crippen molar-refractivity contribution < 1.29 is 9.21 Å². The number of ketones is 1. The molecule has 3 aromatic rings. The number of carbonyl (C=O) groups excluding carboxylic acids is 1. The molecule has 0 amide bonds. The molecule has 3 nitrogen and oxygen atoms in total. The summed E-state index contributed by atoms with van der Waals surface area (Å²) in [5, 5.41) is 4.66. The summed E-state index contributed by atoms with van der Waals surface area (Å²) in [4.78, 5) is 12.5. The number of para-hydroxylation sites is 1. The van der Waals surface area contributed by atoms with Crippen molar-refractivity contribution in [2.75, 3.05) is 6.54 Å². The van der Waals surface area contributed by atoms with E-state index in [1.54, 1.807) is 0 Å². The fourth-order valence-corrected chi connectivity index (χ4v) is 3.70. The highest BCUT2D eigenvalue weighted by atomic mass is 16.3. The Morgan fingerprint density at radius 3 is 2.65 bits per heavy atom. The Labute approximate surface area is 153 Å². The summed E-state index contributed by atoms with van der Waals surface area (Å²) in [7, 11) is 0. The van der Waals surface area contributed by atoms with Crippen molar-refractivity contribution in [3.63, 3.8) is 0 Å². The average molecular weight is 345 g/mol. The van der Waals surface area contributed by atoms with Crippen LogP contribution in [0.3, 0.4) is 0 Å². The van der Waals surface area contributed by atoms with E-state index in [0.29, 0.717) is 24.1 Å². The Bertz CT molecular complexity index is 903.